The van der Waals surface area contributed by atoms with E-state index in [4.69, 9.17) is 32.7 Å². The van der Waals surface area contributed by atoms with E-state index in [0.717, 1.165) is 43.4 Å². The molecule has 4 rings (SSSR count). The van der Waals surface area contributed by atoms with Gasteiger partial charge in [0.2, 0.25) is 0 Å². The van der Waals surface area contributed by atoms with Gasteiger partial charge in [-0.3, -0.25) is 4.90 Å². The van der Waals surface area contributed by atoms with E-state index < -0.39 is 6.16 Å². The van der Waals surface area contributed by atoms with E-state index in [9.17, 15) is 4.79 Å². The van der Waals surface area contributed by atoms with Crippen LogP contribution in [0.4, 0.5) is 10.5 Å². The fourth-order valence-electron chi connectivity index (χ4n) is 3.46. The molecule has 1 saturated heterocycles. The molecule has 0 atom stereocenters. The lowest BCUT2D eigenvalue weighted by atomic mass is 10.1. The number of halogens is 2. The van der Waals surface area contributed by atoms with Crippen molar-refractivity contribution in [3.63, 3.8) is 0 Å². The van der Waals surface area contributed by atoms with Crippen molar-refractivity contribution in [1.82, 2.24) is 4.90 Å². The van der Waals surface area contributed by atoms with Crippen LogP contribution in [0.1, 0.15) is 5.56 Å². The molecule has 6 nitrogen and oxygen atoms in total. The monoisotopic (exact) mass is 420 g/mol. The summed E-state index contributed by atoms with van der Waals surface area (Å²) in [4.78, 5) is 15.3. The zero-order valence-corrected chi connectivity index (χ0v) is 16.4. The van der Waals surface area contributed by atoms with Crippen LogP contribution in [-0.4, -0.2) is 42.3 Å². The summed E-state index contributed by atoms with van der Waals surface area (Å²) >= 11 is 12.6. The number of ether oxygens (including phenoxy) is 1. The lowest BCUT2D eigenvalue weighted by Gasteiger charge is -2.36. The summed E-state index contributed by atoms with van der Waals surface area (Å²) in [6, 6.07) is 13.1. The Labute approximate surface area is 171 Å². The molecule has 1 aromatic heterocycles. The number of hydrogen-bond acceptors (Lipinski definition) is 5. The number of piperazine rings is 1. The molecule has 0 saturated carbocycles. The highest BCUT2D eigenvalue weighted by molar-refractivity contribution is 6.38. The Morgan fingerprint density at radius 2 is 1.89 bits per heavy atom. The zero-order chi connectivity index (χ0) is 19.7. The van der Waals surface area contributed by atoms with Crippen LogP contribution in [0.5, 0.6) is 5.95 Å². The average Bonchev–Trinajstić information content (AvgIpc) is 3.06. The number of carboxylic acid groups (broad SMARTS) is 1. The molecule has 28 heavy (non-hydrogen) atoms. The van der Waals surface area contributed by atoms with E-state index in [-0.39, 0.29) is 5.95 Å². The summed E-state index contributed by atoms with van der Waals surface area (Å²) in [7, 11) is 0. The first kappa shape index (κ1) is 18.9. The van der Waals surface area contributed by atoms with Crippen molar-refractivity contribution in [3.8, 4) is 5.95 Å². The molecule has 2 aromatic carbocycles. The van der Waals surface area contributed by atoms with E-state index >= 15 is 0 Å². The minimum Gasteiger partial charge on any atom is -0.449 e. The number of anilines is 1. The second-order valence-electron chi connectivity index (χ2n) is 6.64. The van der Waals surface area contributed by atoms with Gasteiger partial charge >= 0.3 is 6.16 Å². The SMILES string of the molecule is O=C(O)Oc1cc2c(Cl)c(N3CCN(Cc4cccc(Cl)c4)CC3)ccc2o1. The number of hydrogen-bond donors (Lipinski definition) is 1. The normalized spacial score (nSPS) is 15.1. The predicted molar refractivity (Wildman–Crippen MR) is 109 cm³/mol. The first-order valence-electron chi connectivity index (χ1n) is 8.84. The Kier molecular flexibility index (Phi) is 5.35. The lowest BCUT2D eigenvalue weighted by Crippen LogP contribution is -2.46. The topological polar surface area (TPSA) is 66.2 Å². The molecule has 0 unspecified atom stereocenters. The van der Waals surface area contributed by atoms with Crippen molar-refractivity contribution in [3.05, 3.63) is 58.1 Å². The summed E-state index contributed by atoms with van der Waals surface area (Å²) in [5.41, 5.74) is 2.59. The molecular weight excluding hydrogens is 403 g/mol. The third kappa shape index (κ3) is 4.04. The molecule has 0 bridgehead atoms. The maximum absolute atomic E-state index is 10.7. The highest BCUT2D eigenvalue weighted by atomic mass is 35.5. The molecule has 1 N–H and O–H groups in total. The van der Waals surface area contributed by atoms with Gasteiger partial charge in [-0.05, 0) is 29.8 Å². The van der Waals surface area contributed by atoms with E-state index in [1.807, 2.05) is 24.3 Å². The Bertz CT molecular complexity index is 1010. The van der Waals surface area contributed by atoms with Crippen molar-refractivity contribution in [2.45, 2.75) is 6.54 Å². The van der Waals surface area contributed by atoms with Gasteiger partial charge in [0.05, 0.1) is 10.7 Å². The molecule has 2 heterocycles. The van der Waals surface area contributed by atoms with Gasteiger partial charge in [0.15, 0.2) is 0 Å². The highest BCUT2D eigenvalue weighted by Gasteiger charge is 2.21. The molecule has 3 aromatic rings. The minimum absolute atomic E-state index is 0.0899. The fraction of sp³-hybridized carbons (Fsp3) is 0.250. The predicted octanol–water partition coefficient (Wildman–Crippen LogP) is 5.12. The van der Waals surface area contributed by atoms with E-state index in [1.54, 1.807) is 6.07 Å². The van der Waals surface area contributed by atoms with Crippen molar-refractivity contribution in [1.29, 1.82) is 0 Å². The van der Waals surface area contributed by atoms with Gasteiger partial charge in [0.1, 0.15) is 5.58 Å². The lowest BCUT2D eigenvalue weighted by molar-refractivity contribution is 0.134. The highest BCUT2D eigenvalue weighted by Crippen LogP contribution is 2.37. The summed E-state index contributed by atoms with van der Waals surface area (Å²) in [5.74, 6) is -0.0899. The Morgan fingerprint density at radius 3 is 2.61 bits per heavy atom. The van der Waals surface area contributed by atoms with Crippen LogP contribution in [0.15, 0.2) is 46.9 Å². The third-order valence-electron chi connectivity index (χ3n) is 4.79. The first-order chi connectivity index (χ1) is 13.5. The Morgan fingerprint density at radius 1 is 1.11 bits per heavy atom. The molecule has 0 aliphatic carbocycles. The molecule has 1 fully saturated rings. The van der Waals surface area contributed by atoms with Crippen LogP contribution in [0, 0.1) is 0 Å². The number of rotatable bonds is 4. The molecule has 0 amide bonds. The van der Waals surface area contributed by atoms with Gasteiger partial charge in [-0.15, -0.1) is 0 Å². The molecule has 0 spiro atoms. The first-order valence-corrected chi connectivity index (χ1v) is 9.60. The van der Waals surface area contributed by atoms with Gasteiger partial charge in [-0.2, -0.15) is 0 Å². The summed E-state index contributed by atoms with van der Waals surface area (Å²) in [6.07, 6.45) is -1.42. The van der Waals surface area contributed by atoms with Crippen molar-refractivity contribution < 1.29 is 19.1 Å². The number of nitrogens with zero attached hydrogens (tertiary/aromatic N) is 2. The van der Waals surface area contributed by atoms with Gasteiger partial charge in [0.25, 0.3) is 5.95 Å². The standard InChI is InChI=1S/C20H18Cl2N2O4/c21-14-3-1-2-13(10-14)12-23-6-8-24(9-7-23)16-4-5-17-15(19(16)22)11-18(27-17)28-20(25)26/h1-5,10-11H,6-9,12H2,(H,25,26). The van der Waals surface area contributed by atoms with Gasteiger partial charge in [-0.1, -0.05) is 35.3 Å². The number of benzene rings is 2. The Hall–Kier alpha value is -2.41. The number of furan rings is 1. The molecule has 0 radical (unpaired) electrons. The molecule has 8 heteroatoms. The quantitative estimate of drug-likeness (QED) is 0.590. The maximum atomic E-state index is 10.7. The second kappa shape index (κ2) is 7.91. The Balaban J connectivity index is 1.46. The molecule has 1 aliphatic heterocycles. The van der Waals surface area contributed by atoms with Crippen molar-refractivity contribution in [2.75, 3.05) is 31.1 Å². The van der Waals surface area contributed by atoms with Crippen molar-refractivity contribution >= 4 is 46.0 Å². The summed E-state index contributed by atoms with van der Waals surface area (Å²) in [5, 5.41) is 10.7. The average molecular weight is 421 g/mol. The second-order valence-corrected chi connectivity index (χ2v) is 7.45. The van der Waals surface area contributed by atoms with Crippen LogP contribution in [0.2, 0.25) is 10.0 Å². The summed E-state index contributed by atoms with van der Waals surface area (Å²) in [6.45, 7) is 4.34. The van der Waals surface area contributed by atoms with E-state index in [2.05, 4.69) is 20.6 Å². The smallest absolute Gasteiger partial charge is 0.449 e. The van der Waals surface area contributed by atoms with Crippen LogP contribution in [0.3, 0.4) is 0 Å². The van der Waals surface area contributed by atoms with Gasteiger partial charge in [-0.25, -0.2) is 4.79 Å². The van der Waals surface area contributed by atoms with Crippen LogP contribution in [-0.2, 0) is 6.54 Å². The van der Waals surface area contributed by atoms with Crippen LogP contribution >= 0.6 is 23.2 Å². The third-order valence-corrected chi connectivity index (χ3v) is 5.42. The molecular formula is C20H18Cl2N2O4. The maximum Gasteiger partial charge on any atom is 0.513 e. The fourth-order valence-corrected chi connectivity index (χ4v) is 4.01. The van der Waals surface area contributed by atoms with Crippen LogP contribution < -0.4 is 9.64 Å². The van der Waals surface area contributed by atoms with Crippen molar-refractivity contribution in [2.24, 2.45) is 0 Å². The summed E-state index contributed by atoms with van der Waals surface area (Å²) < 4.78 is 9.95. The van der Waals surface area contributed by atoms with E-state index in [0.29, 0.717) is 16.0 Å². The molecule has 1 aliphatic rings. The zero-order valence-electron chi connectivity index (χ0n) is 14.9. The molecule has 146 valence electrons. The van der Waals surface area contributed by atoms with Gasteiger partial charge in [0, 0.05) is 49.2 Å². The van der Waals surface area contributed by atoms with Gasteiger partial charge < -0.3 is 19.2 Å². The number of fused-ring (bicyclic) bond motifs is 1. The largest absolute Gasteiger partial charge is 0.513 e. The van der Waals surface area contributed by atoms with Crippen LogP contribution in [0.25, 0.3) is 11.0 Å². The van der Waals surface area contributed by atoms with E-state index in [1.165, 1.54) is 11.6 Å². The minimum atomic E-state index is -1.42. The number of carbonyl (C=O) groups is 1.